The summed E-state index contributed by atoms with van der Waals surface area (Å²) in [5.74, 6) is 1.81. The summed E-state index contributed by atoms with van der Waals surface area (Å²) in [7, 11) is 1.75. The Labute approximate surface area is 178 Å². The SMILES string of the molecule is CCNC(=NCc1sccc1C)NCC1(c2cc(C)ccc2OC)CCOCC1. The molecule has 1 saturated heterocycles. The van der Waals surface area contributed by atoms with Gasteiger partial charge in [-0.15, -0.1) is 11.3 Å². The van der Waals surface area contributed by atoms with E-state index >= 15 is 0 Å². The summed E-state index contributed by atoms with van der Waals surface area (Å²) in [5, 5.41) is 9.14. The Kier molecular flexibility index (Phi) is 7.56. The van der Waals surface area contributed by atoms with Gasteiger partial charge in [0.15, 0.2) is 5.96 Å². The minimum atomic E-state index is -0.0371. The summed E-state index contributed by atoms with van der Waals surface area (Å²) in [6.07, 6.45) is 1.92. The average molecular weight is 416 g/mol. The number of nitrogens with zero attached hydrogens (tertiary/aromatic N) is 1. The van der Waals surface area contributed by atoms with Crippen molar-refractivity contribution in [3.63, 3.8) is 0 Å². The van der Waals surface area contributed by atoms with Crippen LogP contribution in [0.2, 0.25) is 0 Å². The fourth-order valence-corrected chi connectivity index (χ4v) is 4.68. The van der Waals surface area contributed by atoms with Crippen LogP contribution in [0.3, 0.4) is 0 Å². The van der Waals surface area contributed by atoms with Crippen molar-refractivity contribution in [1.82, 2.24) is 10.6 Å². The Bertz CT molecular complexity index is 825. The lowest BCUT2D eigenvalue weighted by molar-refractivity contribution is 0.0505. The molecule has 2 aromatic rings. The largest absolute Gasteiger partial charge is 0.496 e. The highest BCUT2D eigenvalue weighted by Gasteiger charge is 2.37. The average Bonchev–Trinajstić information content (AvgIpc) is 3.15. The molecule has 3 rings (SSSR count). The fraction of sp³-hybridized carbons (Fsp3) is 0.522. The van der Waals surface area contributed by atoms with Crippen molar-refractivity contribution >= 4 is 17.3 Å². The lowest BCUT2D eigenvalue weighted by Crippen LogP contribution is -2.48. The van der Waals surface area contributed by atoms with Crippen LogP contribution in [-0.2, 0) is 16.7 Å². The topological polar surface area (TPSA) is 54.9 Å². The second-order valence-electron chi connectivity index (χ2n) is 7.67. The first-order valence-corrected chi connectivity index (χ1v) is 11.2. The van der Waals surface area contributed by atoms with Crippen molar-refractivity contribution in [2.24, 2.45) is 4.99 Å². The van der Waals surface area contributed by atoms with E-state index in [0.717, 1.165) is 50.9 Å². The zero-order chi connectivity index (χ0) is 20.7. The third kappa shape index (κ3) is 5.31. The van der Waals surface area contributed by atoms with Crippen molar-refractivity contribution in [2.45, 2.75) is 45.6 Å². The van der Waals surface area contributed by atoms with Crippen LogP contribution >= 0.6 is 11.3 Å². The molecule has 0 aliphatic carbocycles. The minimum Gasteiger partial charge on any atom is -0.496 e. The molecular weight excluding hydrogens is 382 g/mol. The zero-order valence-electron chi connectivity index (χ0n) is 18.0. The van der Waals surface area contributed by atoms with Crippen LogP contribution in [0, 0.1) is 13.8 Å². The Hall–Kier alpha value is -2.05. The van der Waals surface area contributed by atoms with Crippen LogP contribution in [0.25, 0.3) is 0 Å². The maximum absolute atomic E-state index is 5.73. The Morgan fingerprint density at radius 2 is 2.00 bits per heavy atom. The molecule has 5 nitrogen and oxygen atoms in total. The van der Waals surface area contributed by atoms with E-state index in [9.17, 15) is 0 Å². The molecule has 29 heavy (non-hydrogen) atoms. The predicted molar refractivity (Wildman–Crippen MR) is 121 cm³/mol. The molecule has 0 unspecified atom stereocenters. The normalized spacial score (nSPS) is 16.5. The van der Waals surface area contributed by atoms with Crippen molar-refractivity contribution in [1.29, 1.82) is 0 Å². The number of aliphatic imine (C=N–C) groups is 1. The summed E-state index contributed by atoms with van der Waals surface area (Å²) >= 11 is 1.76. The van der Waals surface area contributed by atoms with Gasteiger partial charge in [0.25, 0.3) is 0 Å². The van der Waals surface area contributed by atoms with Gasteiger partial charge in [-0.05, 0) is 56.7 Å². The van der Waals surface area contributed by atoms with Crippen molar-refractivity contribution in [2.75, 3.05) is 33.4 Å². The molecule has 0 saturated carbocycles. The van der Waals surface area contributed by atoms with Gasteiger partial charge in [-0.2, -0.15) is 0 Å². The third-order valence-electron chi connectivity index (χ3n) is 5.66. The second-order valence-corrected chi connectivity index (χ2v) is 8.67. The lowest BCUT2D eigenvalue weighted by Gasteiger charge is -2.39. The van der Waals surface area contributed by atoms with Crippen molar-refractivity contribution < 1.29 is 9.47 Å². The Morgan fingerprint density at radius 1 is 1.21 bits per heavy atom. The smallest absolute Gasteiger partial charge is 0.191 e. The molecule has 1 aliphatic heterocycles. The molecule has 158 valence electrons. The molecule has 0 amide bonds. The number of aryl methyl sites for hydroxylation is 2. The van der Waals surface area contributed by atoms with E-state index in [2.05, 4.69) is 61.1 Å². The second kappa shape index (κ2) is 10.1. The van der Waals surface area contributed by atoms with Gasteiger partial charge in [0.05, 0.1) is 13.7 Å². The molecule has 2 heterocycles. The molecule has 1 aromatic heterocycles. The van der Waals surface area contributed by atoms with Gasteiger partial charge < -0.3 is 20.1 Å². The van der Waals surface area contributed by atoms with Gasteiger partial charge in [0.1, 0.15) is 5.75 Å². The fourth-order valence-electron chi connectivity index (χ4n) is 3.85. The first-order chi connectivity index (χ1) is 14.1. The van der Waals surface area contributed by atoms with Gasteiger partial charge in [0.2, 0.25) is 0 Å². The number of thiophene rings is 1. The van der Waals surface area contributed by atoms with Crippen LogP contribution < -0.4 is 15.4 Å². The molecule has 1 fully saturated rings. The van der Waals surface area contributed by atoms with Crippen LogP contribution in [-0.4, -0.2) is 39.4 Å². The summed E-state index contributed by atoms with van der Waals surface area (Å²) in [4.78, 5) is 6.14. The molecule has 1 aromatic carbocycles. The summed E-state index contributed by atoms with van der Waals surface area (Å²) in [6.45, 7) is 10.2. The highest BCUT2D eigenvalue weighted by Crippen LogP contribution is 2.40. The predicted octanol–water partition coefficient (Wildman–Crippen LogP) is 4.18. The van der Waals surface area contributed by atoms with E-state index in [-0.39, 0.29) is 5.41 Å². The number of hydrogen-bond donors (Lipinski definition) is 2. The van der Waals surface area contributed by atoms with Gasteiger partial charge in [-0.1, -0.05) is 17.7 Å². The number of rotatable bonds is 7. The summed E-state index contributed by atoms with van der Waals surface area (Å²) < 4.78 is 11.4. The van der Waals surface area contributed by atoms with Crippen LogP contribution in [0.15, 0.2) is 34.6 Å². The maximum atomic E-state index is 5.73. The Morgan fingerprint density at radius 3 is 2.66 bits per heavy atom. The van der Waals surface area contributed by atoms with Crippen LogP contribution in [0.1, 0.15) is 41.3 Å². The Balaban J connectivity index is 1.82. The molecule has 0 radical (unpaired) electrons. The highest BCUT2D eigenvalue weighted by molar-refractivity contribution is 7.10. The van der Waals surface area contributed by atoms with E-state index in [0.29, 0.717) is 6.54 Å². The standard InChI is InChI=1S/C23H33N3O2S/c1-5-24-22(25-15-21-18(3)8-13-29-21)26-16-23(9-11-28-12-10-23)19-14-17(2)6-7-20(19)27-4/h6-8,13-14H,5,9-12,15-16H2,1-4H3,(H2,24,25,26). The first-order valence-electron chi connectivity index (χ1n) is 10.4. The zero-order valence-corrected chi connectivity index (χ0v) is 18.8. The molecule has 6 heteroatoms. The number of ether oxygens (including phenoxy) is 2. The first kappa shape index (κ1) is 21.7. The molecule has 0 atom stereocenters. The van der Waals surface area contributed by atoms with E-state index in [1.807, 2.05) is 0 Å². The van der Waals surface area contributed by atoms with E-state index in [4.69, 9.17) is 14.5 Å². The van der Waals surface area contributed by atoms with E-state index in [1.165, 1.54) is 21.6 Å². The van der Waals surface area contributed by atoms with Crippen LogP contribution in [0.4, 0.5) is 0 Å². The monoisotopic (exact) mass is 415 g/mol. The molecule has 0 bridgehead atoms. The minimum absolute atomic E-state index is 0.0371. The lowest BCUT2D eigenvalue weighted by atomic mass is 9.73. The van der Waals surface area contributed by atoms with Gasteiger partial charge in [-0.3, -0.25) is 0 Å². The van der Waals surface area contributed by atoms with E-state index < -0.39 is 0 Å². The van der Waals surface area contributed by atoms with Crippen molar-refractivity contribution in [3.05, 3.63) is 51.2 Å². The number of hydrogen-bond acceptors (Lipinski definition) is 4. The summed E-state index contributed by atoms with van der Waals surface area (Å²) in [5.41, 5.74) is 3.78. The number of nitrogens with one attached hydrogen (secondary N) is 2. The summed E-state index contributed by atoms with van der Waals surface area (Å²) in [6, 6.07) is 8.61. The van der Waals surface area contributed by atoms with Crippen LogP contribution in [0.5, 0.6) is 5.75 Å². The molecular formula is C23H33N3O2S. The maximum Gasteiger partial charge on any atom is 0.191 e. The van der Waals surface area contributed by atoms with E-state index in [1.54, 1.807) is 18.4 Å². The van der Waals surface area contributed by atoms with Gasteiger partial charge >= 0.3 is 0 Å². The molecule has 2 N–H and O–H groups in total. The third-order valence-corrected chi connectivity index (χ3v) is 6.67. The van der Waals surface area contributed by atoms with Crippen molar-refractivity contribution in [3.8, 4) is 5.75 Å². The number of benzene rings is 1. The number of guanidine groups is 1. The molecule has 1 aliphatic rings. The highest BCUT2D eigenvalue weighted by atomic mass is 32.1. The number of methoxy groups -OCH3 is 1. The van der Waals surface area contributed by atoms with Gasteiger partial charge in [-0.25, -0.2) is 4.99 Å². The molecule has 0 spiro atoms. The quantitative estimate of drug-likeness (QED) is 0.526. The van der Waals surface area contributed by atoms with Gasteiger partial charge in [0, 0.05) is 42.2 Å².